The first kappa shape index (κ1) is 15.7. The van der Waals surface area contributed by atoms with Crippen molar-refractivity contribution in [2.24, 2.45) is 5.73 Å². The third kappa shape index (κ3) is 3.93. The second kappa shape index (κ2) is 6.41. The Morgan fingerprint density at radius 2 is 2.10 bits per heavy atom. The fourth-order valence-electron chi connectivity index (χ4n) is 3.17. The Morgan fingerprint density at radius 1 is 1.40 bits per heavy atom. The van der Waals surface area contributed by atoms with Crippen LogP contribution in [0.15, 0.2) is 0 Å². The molecule has 0 aromatic rings. The van der Waals surface area contributed by atoms with Gasteiger partial charge in [-0.2, -0.15) is 0 Å². The topological polar surface area (TPSA) is 61.6 Å². The summed E-state index contributed by atoms with van der Waals surface area (Å²) >= 11 is 0. The first-order valence-electron chi connectivity index (χ1n) is 7.95. The van der Waals surface area contributed by atoms with Gasteiger partial charge in [0.25, 0.3) is 0 Å². The summed E-state index contributed by atoms with van der Waals surface area (Å²) < 4.78 is 0. The van der Waals surface area contributed by atoms with Crippen LogP contribution in [0.5, 0.6) is 0 Å². The maximum absolute atomic E-state index is 11.9. The summed E-state index contributed by atoms with van der Waals surface area (Å²) in [7, 11) is 2.18. The van der Waals surface area contributed by atoms with E-state index in [4.69, 9.17) is 5.73 Å². The van der Waals surface area contributed by atoms with Gasteiger partial charge in [0.2, 0.25) is 5.91 Å². The average Bonchev–Trinajstić information content (AvgIpc) is 3.18. The first-order chi connectivity index (χ1) is 9.44. The molecule has 0 bridgehead atoms. The highest BCUT2D eigenvalue weighted by Crippen LogP contribution is 2.24. The van der Waals surface area contributed by atoms with Gasteiger partial charge >= 0.3 is 0 Å². The van der Waals surface area contributed by atoms with Crippen molar-refractivity contribution < 1.29 is 4.79 Å². The molecular weight excluding hydrogens is 252 g/mol. The number of amides is 1. The molecule has 0 radical (unpaired) electrons. The highest BCUT2D eigenvalue weighted by atomic mass is 16.1. The number of nitrogens with zero attached hydrogens (tertiary/aromatic N) is 2. The second-order valence-corrected chi connectivity index (χ2v) is 6.76. The van der Waals surface area contributed by atoms with E-state index >= 15 is 0 Å². The number of carbonyl (C=O) groups excluding carboxylic acids is 1. The lowest BCUT2D eigenvalue weighted by Crippen LogP contribution is -2.61. The molecule has 5 nitrogen and oxygen atoms in total. The highest BCUT2D eigenvalue weighted by Gasteiger charge is 2.39. The average molecular weight is 282 g/mol. The molecule has 0 aromatic carbocycles. The maximum Gasteiger partial charge on any atom is 0.238 e. The summed E-state index contributed by atoms with van der Waals surface area (Å²) in [5.74, 6) is -0.225. The Hall–Kier alpha value is -0.650. The Balaban J connectivity index is 2.04. The van der Waals surface area contributed by atoms with Gasteiger partial charge in [-0.15, -0.1) is 0 Å². The Bertz CT molecular complexity index is 345. The lowest BCUT2D eigenvalue weighted by atomic mass is 9.98. The van der Waals surface area contributed by atoms with Crippen LogP contribution in [0.3, 0.4) is 0 Å². The van der Waals surface area contributed by atoms with Gasteiger partial charge in [-0.3, -0.25) is 15.0 Å². The van der Waals surface area contributed by atoms with E-state index in [9.17, 15) is 4.79 Å². The van der Waals surface area contributed by atoms with Gasteiger partial charge in [0, 0.05) is 25.2 Å². The number of nitrogens with one attached hydrogen (secondary N) is 1. The molecule has 1 saturated heterocycles. The van der Waals surface area contributed by atoms with E-state index in [0.717, 1.165) is 39.0 Å². The number of hydrogen-bond acceptors (Lipinski definition) is 4. The van der Waals surface area contributed by atoms with E-state index in [-0.39, 0.29) is 5.91 Å². The fourth-order valence-corrected chi connectivity index (χ4v) is 3.17. The van der Waals surface area contributed by atoms with Gasteiger partial charge < -0.3 is 10.6 Å². The fraction of sp³-hybridized carbons (Fsp3) is 0.933. The lowest BCUT2D eigenvalue weighted by molar-refractivity contribution is -0.125. The second-order valence-electron chi connectivity index (χ2n) is 6.76. The van der Waals surface area contributed by atoms with Gasteiger partial charge in [0.05, 0.1) is 0 Å². The largest absolute Gasteiger partial charge is 0.368 e. The summed E-state index contributed by atoms with van der Waals surface area (Å²) in [4.78, 5) is 16.8. The summed E-state index contributed by atoms with van der Waals surface area (Å²) in [6.45, 7) is 8.19. The number of likely N-dealkylation sites (N-methyl/N-ethyl adjacent to an activating group) is 1. The van der Waals surface area contributed by atoms with Gasteiger partial charge in [-0.05, 0) is 52.7 Å². The van der Waals surface area contributed by atoms with Crippen molar-refractivity contribution >= 4 is 5.91 Å². The van der Waals surface area contributed by atoms with Crippen molar-refractivity contribution in [3.63, 3.8) is 0 Å². The van der Waals surface area contributed by atoms with Gasteiger partial charge in [0.15, 0.2) is 0 Å². The van der Waals surface area contributed by atoms with Crippen LogP contribution in [0.4, 0.5) is 0 Å². The smallest absolute Gasteiger partial charge is 0.238 e. The van der Waals surface area contributed by atoms with Crippen molar-refractivity contribution in [1.29, 1.82) is 0 Å². The molecular formula is C15H30N4O. The molecule has 2 rings (SSSR count). The quantitative estimate of drug-likeness (QED) is 0.740. The Labute approximate surface area is 122 Å². The molecule has 116 valence electrons. The predicted octanol–water partition coefficient (Wildman–Crippen LogP) is 0.399. The third-order valence-corrected chi connectivity index (χ3v) is 4.66. The minimum absolute atomic E-state index is 0.225. The number of primary amides is 1. The minimum atomic E-state index is -0.600. The standard InChI is InChI=1S/C15H30N4O/c1-4-13-10-18(3)8-5-9-19(13)11-15(2,14(16)20)17-12-6-7-12/h12-13,17H,4-11H2,1-3H3,(H2,16,20). The van der Waals surface area contributed by atoms with Crippen molar-refractivity contribution in [2.75, 3.05) is 33.2 Å². The monoisotopic (exact) mass is 282 g/mol. The Kier molecular flexibility index (Phi) is 5.04. The highest BCUT2D eigenvalue weighted by molar-refractivity contribution is 5.84. The third-order valence-electron chi connectivity index (χ3n) is 4.66. The minimum Gasteiger partial charge on any atom is -0.368 e. The van der Waals surface area contributed by atoms with Crippen molar-refractivity contribution in [2.45, 2.75) is 57.2 Å². The van der Waals surface area contributed by atoms with Crippen LogP contribution in [0.2, 0.25) is 0 Å². The number of rotatable bonds is 6. The van der Waals surface area contributed by atoms with E-state index in [1.54, 1.807) is 0 Å². The zero-order valence-electron chi connectivity index (χ0n) is 13.2. The molecule has 2 unspecified atom stereocenters. The van der Waals surface area contributed by atoms with Gasteiger partial charge in [-0.25, -0.2) is 0 Å². The first-order valence-corrected chi connectivity index (χ1v) is 7.95. The van der Waals surface area contributed by atoms with Crippen LogP contribution in [0.25, 0.3) is 0 Å². The normalized spacial score (nSPS) is 28.9. The SMILES string of the molecule is CCC1CN(C)CCCN1CC(C)(NC1CC1)C(N)=O. The van der Waals surface area contributed by atoms with Crippen LogP contribution in [0, 0.1) is 0 Å². The molecule has 2 atom stereocenters. The van der Waals surface area contributed by atoms with E-state index in [2.05, 4.69) is 29.1 Å². The number of carbonyl (C=O) groups is 1. The van der Waals surface area contributed by atoms with Gasteiger partial charge in [0.1, 0.15) is 5.54 Å². The van der Waals surface area contributed by atoms with Crippen LogP contribution in [-0.4, -0.2) is 66.6 Å². The molecule has 1 aliphatic heterocycles. The van der Waals surface area contributed by atoms with Crippen LogP contribution >= 0.6 is 0 Å². The molecule has 1 aliphatic carbocycles. The zero-order valence-corrected chi connectivity index (χ0v) is 13.2. The van der Waals surface area contributed by atoms with E-state index in [1.807, 2.05) is 6.92 Å². The molecule has 1 heterocycles. The van der Waals surface area contributed by atoms with E-state index in [0.29, 0.717) is 12.1 Å². The molecule has 3 N–H and O–H groups in total. The summed E-state index contributed by atoms with van der Waals surface area (Å²) in [5.41, 5.74) is 5.08. The number of hydrogen-bond donors (Lipinski definition) is 2. The van der Waals surface area contributed by atoms with E-state index in [1.165, 1.54) is 12.8 Å². The molecule has 20 heavy (non-hydrogen) atoms. The van der Waals surface area contributed by atoms with Gasteiger partial charge in [-0.1, -0.05) is 6.92 Å². The zero-order chi connectivity index (χ0) is 14.8. The molecule has 2 aliphatic rings. The number of nitrogens with two attached hydrogens (primary N) is 1. The van der Waals surface area contributed by atoms with Crippen LogP contribution in [-0.2, 0) is 4.79 Å². The summed E-state index contributed by atoms with van der Waals surface area (Å²) in [6, 6.07) is 1.00. The van der Waals surface area contributed by atoms with Crippen molar-refractivity contribution in [1.82, 2.24) is 15.1 Å². The Morgan fingerprint density at radius 3 is 2.65 bits per heavy atom. The molecule has 2 fully saturated rings. The van der Waals surface area contributed by atoms with Crippen LogP contribution < -0.4 is 11.1 Å². The maximum atomic E-state index is 11.9. The summed E-state index contributed by atoms with van der Waals surface area (Å²) in [5, 5.41) is 3.46. The molecule has 5 heteroatoms. The predicted molar refractivity (Wildman–Crippen MR) is 81.5 cm³/mol. The molecule has 0 spiro atoms. The molecule has 1 amide bonds. The summed E-state index contributed by atoms with van der Waals surface area (Å²) in [6.07, 6.45) is 4.61. The van der Waals surface area contributed by atoms with Crippen molar-refractivity contribution in [3.8, 4) is 0 Å². The van der Waals surface area contributed by atoms with Crippen molar-refractivity contribution in [3.05, 3.63) is 0 Å². The molecule has 0 aromatic heterocycles. The molecule has 1 saturated carbocycles. The van der Waals surface area contributed by atoms with Crippen LogP contribution in [0.1, 0.15) is 39.5 Å². The van der Waals surface area contributed by atoms with E-state index < -0.39 is 5.54 Å². The lowest BCUT2D eigenvalue weighted by Gasteiger charge is -2.37.